The Morgan fingerprint density at radius 2 is 1.94 bits per heavy atom. The topological polar surface area (TPSA) is 131 Å². The molecule has 3 heterocycles. The summed E-state index contributed by atoms with van der Waals surface area (Å²) < 4.78 is 5.36. The van der Waals surface area contributed by atoms with Crippen LogP contribution in [0.3, 0.4) is 0 Å². The number of carbonyl (C=O) groups excluding carboxylic acids is 4. The Balaban J connectivity index is 1.61. The number of rotatable bonds is 5. The van der Waals surface area contributed by atoms with E-state index in [9.17, 15) is 19.2 Å². The van der Waals surface area contributed by atoms with Crippen molar-refractivity contribution in [1.82, 2.24) is 10.2 Å². The summed E-state index contributed by atoms with van der Waals surface area (Å²) in [6.07, 6.45) is -0.201. The van der Waals surface area contributed by atoms with Gasteiger partial charge in [0.1, 0.15) is 11.3 Å². The summed E-state index contributed by atoms with van der Waals surface area (Å²) >= 11 is 6.21. The summed E-state index contributed by atoms with van der Waals surface area (Å²) in [5.74, 6) is -3.53. The number of methoxy groups -OCH3 is 1. The maximum absolute atomic E-state index is 13.7. The Bertz CT molecular complexity index is 1220. The molecule has 4 amide bonds. The van der Waals surface area contributed by atoms with Crippen molar-refractivity contribution in [1.29, 1.82) is 0 Å². The maximum Gasteiger partial charge on any atom is 0.250 e. The van der Waals surface area contributed by atoms with Crippen LogP contribution < -0.4 is 21.1 Å². The summed E-state index contributed by atoms with van der Waals surface area (Å²) in [7, 11) is 1.51. The molecule has 9 nitrogen and oxygen atoms in total. The molecule has 3 aliphatic rings. The van der Waals surface area contributed by atoms with Crippen LogP contribution in [0, 0.1) is 11.8 Å². The summed E-state index contributed by atoms with van der Waals surface area (Å²) in [6, 6.07) is 11.2. The molecule has 0 aromatic heterocycles. The lowest BCUT2D eigenvalue weighted by Gasteiger charge is -2.29. The zero-order chi connectivity index (χ0) is 23.5. The number of amides is 4. The number of hydrogen-bond donors (Lipinski definition) is 3. The van der Waals surface area contributed by atoms with Gasteiger partial charge in [-0.2, -0.15) is 0 Å². The molecule has 33 heavy (non-hydrogen) atoms. The maximum atomic E-state index is 13.7. The van der Waals surface area contributed by atoms with Gasteiger partial charge in [-0.25, -0.2) is 0 Å². The molecule has 5 rings (SSSR count). The molecule has 0 saturated carbocycles. The first-order valence-electron chi connectivity index (χ1n) is 10.4. The van der Waals surface area contributed by atoms with Gasteiger partial charge in [0.05, 0.1) is 25.5 Å². The molecule has 3 aliphatic heterocycles. The SMILES string of the molecule is COc1ccccc1CN1C(=O)[C@@H]2[C@@H](C1=O)[C@@]1(N[C@@H]2CC(N)=O)C(=O)Nc2ccc(Cl)cc21. The predicted octanol–water partition coefficient (Wildman–Crippen LogP) is 1.14. The minimum absolute atomic E-state index is 0.0158. The van der Waals surface area contributed by atoms with Gasteiger partial charge in [0, 0.05) is 34.3 Å². The number of nitrogens with zero attached hydrogens (tertiary/aromatic N) is 1. The van der Waals surface area contributed by atoms with Crippen LogP contribution in [-0.2, 0) is 31.3 Å². The smallest absolute Gasteiger partial charge is 0.250 e. The molecule has 10 heteroatoms. The molecule has 0 aliphatic carbocycles. The van der Waals surface area contributed by atoms with E-state index >= 15 is 0 Å². The van der Waals surface area contributed by atoms with Crippen LogP contribution in [0.2, 0.25) is 5.02 Å². The van der Waals surface area contributed by atoms with Crippen molar-refractivity contribution in [2.24, 2.45) is 17.6 Å². The number of halogens is 1. The lowest BCUT2D eigenvalue weighted by molar-refractivity contribution is -0.143. The van der Waals surface area contributed by atoms with Gasteiger partial charge in [0.2, 0.25) is 23.6 Å². The first-order chi connectivity index (χ1) is 15.8. The number of para-hydroxylation sites is 1. The van der Waals surface area contributed by atoms with Gasteiger partial charge in [-0.15, -0.1) is 0 Å². The molecule has 2 aromatic rings. The van der Waals surface area contributed by atoms with Crippen molar-refractivity contribution in [3.63, 3.8) is 0 Å². The summed E-state index contributed by atoms with van der Waals surface area (Å²) in [6.45, 7) is -0.0158. The van der Waals surface area contributed by atoms with Gasteiger partial charge in [0.25, 0.3) is 0 Å². The number of imide groups is 1. The van der Waals surface area contributed by atoms with E-state index < -0.39 is 47.0 Å². The van der Waals surface area contributed by atoms with E-state index in [0.717, 1.165) is 4.90 Å². The number of anilines is 1. The molecule has 1 spiro atoms. The highest BCUT2D eigenvalue weighted by atomic mass is 35.5. The molecule has 2 saturated heterocycles. The lowest BCUT2D eigenvalue weighted by atomic mass is 9.76. The van der Waals surface area contributed by atoms with Crippen molar-refractivity contribution >= 4 is 40.9 Å². The van der Waals surface area contributed by atoms with E-state index in [4.69, 9.17) is 22.1 Å². The molecule has 0 radical (unpaired) electrons. The van der Waals surface area contributed by atoms with E-state index in [-0.39, 0.29) is 13.0 Å². The molecule has 4 N–H and O–H groups in total. The Hall–Kier alpha value is -3.43. The minimum Gasteiger partial charge on any atom is -0.496 e. The van der Waals surface area contributed by atoms with E-state index in [0.29, 0.717) is 27.6 Å². The standard InChI is InChI=1S/C23H21ClN4O5/c1-33-16-5-3-2-4-11(16)10-28-20(30)18-15(9-17(25)29)27-23(19(18)21(28)31)13-8-12(24)6-7-14(13)26-22(23)32/h2-8,15,18-19,27H,9-10H2,1H3,(H2,25,29)(H,26,32)/t15-,18+,19+,23-/m1/s1. The van der Waals surface area contributed by atoms with Gasteiger partial charge in [0.15, 0.2) is 0 Å². The van der Waals surface area contributed by atoms with E-state index in [1.54, 1.807) is 42.5 Å². The van der Waals surface area contributed by atoms with E-state index in [2.05, 4.69) is 10.6 Å². The van der Waals surface area contributed by atoms with Crippen molar-refractivity contribution < 1.29 is 23.9 Å². The Labute approximate surface area is 194 Å². The predicted molar refractivity (Wildman–Crippen MR) is 118 cm³/mol. The number of benzene rings is 2. The monoisotopic (exact) mass is 468 g/mol. The summed E-state index contributed by atoms with van der Waals surface area (Å²) in [5.41, 5.74) is 5.53. The first-order valence-corrected chi connectivity index (χ1v) is 10.8. The Kier molecular flexibility index (Phi) is 4.91. The third-order valence-corrected chi connectivity index (χ3v) is 6.95. The van der Waals surface area contributed by atoms with Crippen LogP contribution in [0.4, 0.5) is 5.69 Å². The number of primary amides is 1. The number of fused-ring (bicyclic) bond motifs is 4. The third kappa shape index (κ3) is 3.03. The highest BCUT2D eigenvalue weighted by molar-refractivity contribution is 6.31. The Morgan fingerprint density at radius 1 is 1.18 bits per heavy atom. The zero-order valence-corrected chi connectivity index (χ0v) is 18.4. The zero-order valence-electron chi connectivity index (χ0n) is 17.6. The molecule has 4 atom stereocenters. The summed E-state index contributed by atoms with van der Waals surface area (Å²) in [4.78, 5) is 53.5. The van der Waals surface area contributed by atoms with Crippen LogP contribution in [0.25, 0.3) is 0 Å². The number of carbonyl (C=O) groups is 4. The van der Waals surface area contributed by atoms with E-state index in [1.807, 2.05) is 0 Å². The highest BCUT2D eigenvalue weighted by Crippen LogP contribution is 2.54. The number of nitrogens with one attached hydrogen (secondary N) is 2. The van der Waals surface area contributed by atoms with Crippen LogP contribution in [0.1, 0.15) is 17.5 Å². The largest absolute Gasteiger partial charge is 0.496 e. The lowest BCUT2D eigenvalue weighted by Crippen LogP contribution is -2.53. The third-order valence-electron chi connectivity index (χ3n) is 6.71. The average molecular weight is 469 g/mol. The number of nitrogens with two attached hydrogens (primary N) is 1. The van der Waals surface area contributed by atoms with Crippen LogP contribution in [0.5, 0.6) is 5.75 Å². The van der Waals surface area contributed by atoms with Gasteiger partial charge in [-0.1, -0.05) is 29.8 Å². The molecular weight excluding hydrogens is 448 g/mol. The van der Waals surface area contributed by atoms with Crippen molar-refractivity contribution in [2.75, 3.05) is 12.4 Å². The quantitative estimate of drug-likeness (QED) is 0.564. The second-order valence-electron chi connectivity index (χ2n) is 8.45. The number of ether oxygens (including phenoxy) is 1. The van der Waals surface area contributed by atoms with Gasteiger partial charge < -0.3 is 15.8 Å². The summed E-state index contributed by atoms with van der Waals surface area (Å²) in [5, 5.41) is 6.30. The molecule has 170 valence electrons. The van der Waals surface area contributed by atoms with Gasteiger partial charge in [-0.05, 0) is 24.3 Å². The van der Waals surface area contributed by atoms with Crippen LogP contribution >= 0.6 is 11.6 Å². The van der Waals surface area contributed by atoms with Gasteiger partial charge in [-0.3, -0.25) is 29.4 Å². The first kappa shape index (κ1) is 21.4. The minimum atomic E-state index is -1.53. The van der Waals surface area contributed by atoms with Crippen LogP contribution in [0.15, 0.2) is 42.5 Å². The molecule has 0 unspecified atom stereocenters. The average Bonchev–Trinajstić information content (AvgIpc) is 3.34. The normalized spacial score (nSPS) is 27.6. The fraction of sp³-hybridized carbons (Fsp3) is 0.304. The van der Waals surface area contributed by atoms with Crippen molar-refractivity contribution in [3.8, 4) is 5.75 Å². The molecular formula is C23H21ClN4O5. The molecule has 2 aromatic carbocycles. The second kappa shape index (κ2) is 7.57. The number of likely N-dealkylation sites (tertiary alicyclic amines) is 1. The van der Waals surface area contributed by atoms with Crippen molar-refractivity contribution in [3.05, 3.63) is 58.6 Å². The van der Waals surface area contributed by atoms with E-state index in [1.165, 1.54) is 7.11 Å². The Morgan fingerprint density at radius 3 is 2.67 bits per heavy atom. The van der Waals surface area contributed by atoms with Gasteiger partial charge >= 0.3 is 0 Å². The molecule has 0 bridgehead atoms. The highest BCUT2D eigenvalue weighted by Gasteiger charge is 2.70. The molecule has 2 fully saturated rings. The van der Waals surface area contributed by atoms with Crippen LogP contribution in [-0.4, -0.2) is 41.7 Å². The second-order valence-corrected chi connectivity index (χ2v) is 8.89. The fourth-order valence-electron chi connectivity index (χ4n) is 5.39. The fourth-order valence-corrected chi connectivity index (χ4v) is 5.56. The number of hydrogen-bond acceptors (Lipinski definition) is 6. The van der Waals surface area contributed by atoms with Crippen molar-refractivity contribution in [2.45, 2.75) is 24.5 Å².